The number of rotatable bonds is 3. The van der Waals surface area contributed by atoms with Crippen LogP contribution in [-0.4, -0.2) is 73.3 Å². The third kappa shape index (κ3) is 3.20. The number of aromatic nitrogens is 2. The highest BCUT2D eigenvalue weighted by atomic mass is 16.5. The average molecular weight is 343 g/mol. The molecule has 0 unspecified atom stereocenters. The predicted molar refractivity (Wildman–Crippen MR) is 95.7 cm³/mol. The van der Waals surface area contributed by atoms with E-state index >= 15 is 0 Å². The SMILES string of the molecule is C=CC(=O)N1CC2(CCN(c3cc(N4CCOCC4)ncn3)CC2)C1. The van der Waals surface area contributed by atoms with Crippen LogP contribution in [0, 0.1) is 5.41 Å². The number of likely N-dealkylation sites (tertiary alicyclic amines) is 1. The van der Waals surface area contributed by atoms with Crippen molar-refractivity contribution in [2.75, 3.05) is 62.3 Å². The summed E-state index contributed by atoms with van der Waals surface area (Å²) in [5.74, 6) is 2.05. The Morgan fingerprint density at radius 1 is 1.08 bits per heavy atom. The summed E-state index contributed by atoms with van der Waals surface area (Å²) in [6.45, 7) is 10.5. The van der Waals surface area contributed by atoms with Gasteiger partial charge in [-0.1, -0.05) is 6.58 Å². The van der Waals surface area contributed by atoms with E-state index in [1.54, 1.807) is 6.33 Å². The molecule has 7 nitrogen and oxygen atoms in total. The fourth-order valence-corrected chi connectivity index (χ4v) is 4.05. The monoisotopic (exact) mass is 343 g/mol. The van der Waals surface area contributed by atoms with Crippen LogP contribution in [0.25, 0.3) is 0 Å². The third-order valence-corrected chi connectivity index (χ3v) is 5.66. The summed E-state index contributed by atoms with van der Waals surface area (Å²) in [5.41, 5.74) is 0.301. The van der Waals surface area contributed by atoms with Crippen molar-refractivity contribution < 1.29 is 9.53 Å². The first-order chi connectivity index (χ1) is 12.2. The molecule has 0 aliphatic carbocycles. The summed E-state index contributed by atoms with van der Waals surface area (Å²) in [4.78, 5) is 27.1. The van der Waals surface area contributed by atoms with Gasteiger partial charge in [-0.15, -0.1) is 0 Å². The van der Waals surface area contributed by atoms with Gasteiger partial charge in [0.25, 0.3) is 0 Å². The number of hydrogen-bond donors (Lipinski definition) is 0. The Morgan fingerprint density at radius 3 is 2.28 bits per heavy atom. The molecule has 1 amide bonds. The molecule has 0 radical (unpaired) electrons. The van der Waals surface area contributed by atoms with Crippen molar-refractivity contribution in [3.63, 3.8) is 0 Å². The minimum atomic E-state index is 0.0546. The molecule has 3 saturated heterocycles. The van der Waals surface area contributed by atoms with Gasteiger partial charge in [0.1, 0.15) is 18.0 Å². The quantitative estimate of drug-likeness (QED) is 0.761. The van der Waals surface area contributed by atoms with Crippen LogP contribution in [0.1, 0.15) is 12.8 Å². The lowest BCUT2D eigenvalue weighted by molar-refractivity contribution is -0.139. The molecule has 3 fully saturated rings. The van der Waals surface area contributed by atoms with Gasteiger partial charge in [0.05, 0.1) is 13.2 Å². The summed E-state index contributed by atoms with van der Waals surface area (Å²) in [6.07, 6.45) is 5.28. The van der Waals surface area contributed by atoms with Gasteiger partial charge >= 0.3 is 0 Å². The van der Waals surface area contributed by atoms with Gasteiger partial charge in [-0.2, -0.15) is 0 Å². The van der Waals surface area contributed by atoms with Crippen molar-refractivity contribution >= 4 is 17.5 Å². The number of amides is 1. The summed E-state index contributed by atoms with van der Waals surface area (Å²) >= 11 is 0. The number of ether oxygens (including phenoxy) is 1. The normalized spacial score (nSPS) is 22.6. The number of hydrogen-bond acceptors (Lipinski definition) is 6. The van der Waals surface area contributed by atoms with Gasteiger partial charge in [0.15, 0.2) is 0 Å². The largest absolute Gasteiger partial charge is 0.378 e. The first-order valence-corrected chi connectivity index (χ1v) is 9.00. The molecule has 7 heteroatoms. The second-order valence-electron chi connectivity index (χ2n) is 7.22. The molecule has 1 aromatic heterocycles. The maximum atomic E-state index is 11.7. The molecule has 3 aliphatic rings. The Kier molecular flexibility index (Phi) is 4.33. The standard InChI is InChI=1S/C18H25N5O2/c1-2-17(24)23-12-18(13-23)3-5-21(6-4-18)15-11-16(20-14-19-15)22-7-9-25-10-8-22/h2,11,14H,1,3-10,12-13H2. The van der Waals surface area contributed by atoms with E-state index in [1.807, 2.05) is 4.90 Å². The summed E-state index contributed by atoms with van der Waals surface area (Å²) in [6, 6.07) is 2.09. The zero-order chi connectivity index (χ0) is 17.3. The molecule has 0 bridgehead atoms. The first kappa shape index (κ1) is 16.3. The molecule has 0 atom stereocenters. The molecule has 0 N–H and O–H groups in total. The maximum absolute atomic E-state index is 11.7. The number of piperidine rings is 1. The molecular formula is C18H25N5O2. The molecule has 4 rings (SSSR count). The van der Waals surface area contributed by atoms with E-state index in [-0.39, 0.29) is 5.91 Å². The minimum absolute atomic E-state index is 0.0546. The second kappa shape index (κ2) is 6.63. The van der Waals surface area contributed by atoms with Gasteiger partial charge in [-0.25, -0.2) is 9.97 Å². The summed E-state index contributed by atoms with van der Waals surface area (Å²) in [7, 11) is 0. The molecule has 1 aromatic rings. The zero-order valence-electron chi connectivity index (χ0n) is 14.6. The predicted octanol–water partition coefficient (Wildman–Crippen LogP) is 0.928. The number of anilines is 2. The lowest BCUT2D eigenvalue weighted by atomic mass is 9.72. The first-order valence-electron chi connectivity index (χ1n) is 9.00. The Balaban J connectivity index is 1.37. The molecule has 134 valence electrons. The van der Waals surface area contributed by atoms with Crippen LogP contribution >= 0.6 is 0 Å². The second-order valence-corrected chi connectivity index (χ2v) is 7.22. The number of nitrogens with zero attached hydrogens (tertiary/aromatic N) is 5. The molecule has 4 heterocycles. The molecule has 3 aliphatic heterocycles. The van der Waals surface area contributed by atoms with E-state index in [0.29, 0.717) is 5.41 Å². The van der Waals surface area contributed by atoms with Crippen molar-refractivity contribution in [1.82, 2.24) is 14.9 Å². The van der Waals surface area contributed by atoms with Crippen LogP contribution in [0.4, 0.5) is 11.6 Å². The van der Waals surface area contributed by atoms with E-state index < -0.39 is 0 Å². The summed E-state index contributed by atoms with van der Waals surface area (Å²) in [5, 5.41) is 0. The van der Waals surface area contributed by atoms with Crippen molar-refractivity contribution in [3.05, 3.63) is 25.0 Å². The third-order valence-electron chi connectivity index (χ3n) is 5.66. The van der Waals surface area contributed by atoms with Crippen LogP contribution < -0.4 is 9.80 Å². The number of carbonyl (C=O) groups is 1. The highest BCUT2D eigenvalue weighted by Crippen LogP contribution is 2.41. The molecular weight excluding hydrogens is 318 g/mol. The Labute approximate surface area is 148 Å². The van der Waals surface area contributed by atoms with Crippen molar-refractivity contribution in [2.45, 2.75) is 12.8 Å². The Bertz CT molecular complexity index is 643. The van der Waals surface area contributed by atoms with Crippen LogP contribution in [-0.2, 0) is 9.53 Å². The molecule has 1 spiro atoms. The van der Waals surface area contributed by atoms with Crippen LogP contribution in [0.3, 0.4) is 0 Å². The summed E-state index contributed by atoms with van der Waals surface area (Å²) < 4.78 is 5.41. The number of morpholine rings is 1. The van der Waals surface area contributed by atoms with Gasteiger partial charge in [-0.05, 0) is 18.9 Å². The van der Waals surface area contributed by atoms with Gasteiger partial charge in [0, 0.05) is 50.7 Å². The lowest BCUT2D eigenvalue weighted by Crippen LogP contribution is -2.61. The van der Waals surface area contributed by atoms with Crippen LogP contribution in [0.15, 0.2) is 25.0 Å². The van der Waals surface area contributed by atoms with Crippen molar-refractivity contribution in [2.24, 2.45) is 5.41 Å². The molecule has 25 heavy (non-hydrogen) atoms. The zero-order valence-corrected chi connectivity index (χ0v) is 14.6. The Morgan fingerprint density at radius 2 is 1.68 bits per heavy atom. The fourth-order valence-electron chi connectivity index (χ4n) is 4.05. The van der Waals surface area contributed by atoms with E-state index in [2.05, 4.69) is 32.4 Å². The minimum Gasteiger partial charge on any atom is -0.378 e. The maximum Gasteiger partial charge on any atom is 0.245 e. The molecule has 0 saturated carbocycles. The van der Waals surface area contributed by atoms with E-state index in [0.717, 1.165) is 77.0 Å². The fraction of sp³-hybridized carbons (Fsp3) is 0.611. The smallest absolute Gasteiger partial charge is 0.245 e. The van der Waals surface area contributed by atoms with E-state index in [1.165, 1.54) is 6.08 Å². The van der Waals surface area contributed by atoms with E-state index in [4.69, 9.17) is 4.74 Å². The van der Waals surface area contributed by atoms with Crippen LogP contribution in [0.5, 0.6) is 0 Å². The van der Waals surface area contributed by atoms with Gasteiger partial charge in [0.2, 0.25) is 5.91 Å². The highest BCUT2D eigenvalue weighted by Gasteiger charge is 2.46. The lowest BCUT2D eigenvalue weighted by Gasteiger charge is -2.53. The van der Waals surface area contributed by atoms with Crippen molar-refractivity contribution in [1.29, 1.82) is 0 Å². The topological polar surface area (TPSA) is 61.8 Å². The molecule has 0 aromatic carbocycles. The van der Waals surface area contributed by atoms with E-state index in [9.17, 15) is 4.79 Å². The van der Waals surface area contributed by atoms with Gasteiger partial charge in [-0.3, -0.25) is 4.79 Å². The van der Waals surface area contributed by atoms with Crippen molar-refractivity contribution in [3.8, 4) is 0 Å². The Hall–Kier alpha value is -2.15. The number of carbonyl (C=O) groups excluding carboxylic acids is 1. The van der Waals surface area contributed by atoms with Crippen LogP contribution in [0.2, 0.25) is 0 Å². The highest BCUT2D eigenvalue weighted by molar-refractivity contribution is 5.87. The van der Waals surface area contributed by atoms with Gasteiger partial charge < -0.3 is 19.4 Å². The average Bonchev–Trinajstić information content (AvgIpc) is 2.66.